The van der Waals surface area contributed by atoms with Crippen LogP contribution in [0.1, 0.15) is 27.9 Å². The molecule has 0 radical (unpaired) electrons. The van der Waals surface area contributed by atoms with Gasteiger partial charge in [0.1, 0.15) is 0 Å². The number of aryl methyl sites for hydroxylation is 2. The van der Waals surface area contributed by atoms with Crippen LogP contribution in [0, 0.1) is 6.92 Å². The van der Waals surface area contributed by atoms with Crippen LogP contribution in [0.4, 0.5) is 5.69 Å². The molecule has 0 spiro atoms. The largest absolute Gasteiger partial charge is 0.352 e. The average Bonchev–Trinajstić information content (AvgIpc) is 2.73. The first-order valence-corrected chi connectivity index (χ1v) is 11.4. The fourth-order valence-corrected chi connectivity index (χ4v) is 4.18. The Hall–Kier alpha value is -2.83. The summed E-state index contributed by atoms with van der Waals surface area (Å²) in [6.45, 7) is 2.31. The lowest BCUT2D eigenvalue weighted by atomic mass is 10.1. The number of sulfonamides is 1. The van der Waals surface area contributed by atoms with Crippen LogP contribution in [-0.4, -0.2) is 20.9 Å². The van der Waals surface area contributed by atoms with E-state index in [4.69, 9.17) is 11.6 Å². The zero-order valence-electron chi connectivity index (χ0n) is 16.6. The summed E-state index contributed by atoms with van der Waals surface area (Å²) in [4.78, 5) is 12.6. The van der Waals surface area contributed by atoms with Gasteiger partial charge in [0.2, 0.25) is 0 Å². The summed E-state index contributed by atoms with van der Waals surface area (Å²) in [5.41, 5.74) is 2.70. The maximum atomic E-state index is 12.6. The lowest BCUT2D eigenvalue weighted by molar-refractivity contribution is 0.0953. The third kappa shape index (κ3) is 5.84. The summed E-state index contributed by atoms with van der Waals surface area (Å²) in [5, 5.41) is 3.34. The highest BCUT2D eigenvalue weighted by molar-refractivity contribution is 7.92. The molecule has 0 aliphatic rings. The van der Waals surface area contributed by atoms with Crippen LogP contribution in [0.5, 0.6) is 0 Å². The maximum Gasteiger partial charge on any atom is 0.261 e. The van der Waals surface area contributed by atoms with Gasteiger partial charge in [-0.05, 0) is 67.3 Å². The van der Waals surface area contributed by atoms with Gasteiger partial charge >= 0.3 is 0 Å². The quantitative estimate of drug-likeness (QED) is 0.491. The van der Waals surface area contributed by atoms with Crippen molar-refractivity contribution in [3.63, 3.8) is 0 Å². The molecule has 0 bridgehead atoms. The van der Waals surface area contributed by atoms with Gasteiger partial charge in [0.15, 0.2) is 0 Å². The van der Waals surface area contributed by atoms with Crippen molar-refractivity contribution in [3.05, 3.63) is 94.5 Å². The lowest BCUT2D eigenvalue weighted by Crippen LogP contribution is -2.25. The molecule has 3 rings (SSSR count). The molecule has 5 nitrogen and oxygen atoms in total. The van der Waals surface area contributed by atoms with Gasteiger partial charge in [-0.3, -0.25) is 9.52 Å². The minimum Gasteiger partial charge on any atom is -0.352 e. The van der Waals surface area contributed by atoms with E-state index in [9.17, 15) is 13.2 Å². The highest BCUT2D eigenvalue weighted by Gasteiger charge is 2.16. The molecular formula is C23H23ClN2O3S. The van der Waals surface area contributed by atoms with E-state index < -0.39 is 10.0 Å². The zero-order chi connectivity index (χ0) is 21.6. The van der Waals surface area contributed by atoms with Gasteiger partial charge in [0.25, 0.3) is 15.9 Å². The third-order valence-electron chi connectivity index (χ3n) is 4.64. The van der Waals surface area contributed by atoms with E-state index in [1.807, 2.05) is 18.2 Å². The summed E-state index contributed by atoms with van der Waals surface area (Å²) in [5.74, 6) is -0.241. The Kier molecular flexibility index (Phi) is 7.13. The van der Waals surface area contributed by atoms with E-state index >= 15 is 0 Å². The second-order valence-electron chi connectivity index (χ2n) is 6.93. The summed E-state index contributed by atoms with van der Waals surface area (Å²) in [6, 6.07) is 20.9. The first kappa shape index (κ1) is 21.9. The molecule has 0 heterocycles. The minimum absolute atomic E-state index is 0.0991. The van der Waals surface area contributed by atoms with Gasteiger partial charge in [-0.25, -0.2) is 8.42 Å². The molecule has 0 atom stereocenters. The Morgan fingerprint density at radius 2 is 1.67 bits per heavy atom. The van der Waals surface area contributed by atoms with Gasteiger partial charge in [-0.15, -0.1) is 0 Å². The van der Waals surface area contributed by atoms with Crippen molar-refractivity contribution in [2.24, 2.45) is 0 Å². The molecule has 0 saturated heterocycles. The molecule has 0 aliphatic heterocycles. The summed E-state index contributed by atoms with van der Waals surface area (Å²) < 4.78 is 27.8. The first-order valence-electron chi connectivity index (χ1n) is 9.56. The topological polar surface area (TPSA) is 75.3 Å². The van der Waals surface area contributed by atoms with Crippen LogP contribution in [0.2, 0.25) is 5.02 Å². The van der Waals surface area contributed by atoms with E-state index in [0.717, 1.165) is 12.8 Å². The first-order chi connectivity index (χ1) is 14.3. The van der Waals surface area contributed by atoms with Gasteiger partial charge in [-0.2, -0.15) is 0 Å². The van der Waals surface area contributed by atoms with Crippen LogP contribution in [0.3, 0.4) is 0 Å². The predicted octanol–water partition coefficient (Wildman–Crippen LogP) is 4.81. The van der Waals surface area contributed by atoms with Crippen LogP contribution < -0.4 is 10.0 Å². The molecule has 30 heavy (non-hydrogen) atoms. The van der Waals surface area contributed by atoms with Gasteiger partial charge in [0.05, 0.1) is 10.6 Å². The summed E-state index contributed by atoms with van der Waals surface area (Å²) >= 11 is 5.83. The Morgan fingerprint density at radius 3 is 2.37 bits per heavy atom. The number of carbonyl (C=O) groups is 1. The van der Waals surface area contributed by atoms with Crippen molar-refractivity contribution in [3.8, 4) is 0 Å². The van der Waals surface area contributed by atoms with E-state index in [1.54, 1.807) is 25.1 Å². The molecular weight excluding hydrogens is 420 g/mol. The molecule has 0 aromatic heterocycles. The molecule has 7 heteroatoms. The van der Waals surface area contributed by atoms with E-state index in [2.05, 4.69) is 22.2 Å². The third-order valence-corrected chi connectivity index (χ3v) is 6.27. The molecule has 1 amide bonds. The number of hydrogen-bond acceptors (Lipinski definition) is 3. The zero-order valence-corrected chi connectivity index (χ0v) is 18.1. The number of amides is 1. The van der Waals surface area contributed by atoms with Crippen LogP contribution in [0.25, 0.3) is 0 Å². The molecule has 0 unspecified atom stereocenters. The SMILES string of the molecule is Cc1ccc(C(=O)NCCCc2ccccc2)cc1NS(=O)(=O)c1ccc(Cl)cc1. The van der Waals surface area contributed by atoms with Gasteiger partial charge < -0.3 is 5.32 Å². The highest BCUT2D eigenvalue weighted by Crippen LogP contribution is 2.22. The molecule has 0 aliphatic carbocycles. The molecule has 3 aromatic rings. The molecule has 156 valence electrons. The number of hydrogen-bond donors (Lipinski definition) is 2. The average molecular weight is 443 g/mol. The molecule has 0 fully saturated rings. The number of benzene rings is 3. The smallest absolute Gasteiger partial charge is 0.261 e. The fraction of sp³-hybridized carbons (Fsp3) is 0.174. The summed E-state index contributed by atoms with van der Waals surface area (Å²) in [6.07, 6.45) is 1.69. The molecule has 0 saturated carbocycles. The molecule has 2 N–H and O–H groups in total. The number of rotatable bonds is 8. The van der Waals surface area contributed by atoms with Crippen molar-refractivity contribution in [1.82, 2.24) is 5.32 Å². The second kappa shape index (κ2) is 9.78. The van der Waals surface area contributed by atoms with Gasteiger partial charge in [0, 0.05) is 17.1 Å². The van der Waals surface area contributed by atoms with Crippen LogP contribution >= 0.6 is 11.6 Å². The number of nitrogens with one attached hydrogen (secondary N) is 2. The van der Waals surface area contributed by atoms with Crippen molar-refractivity contribution in [2.75, 3.05) is 11.3 Å². The Balaban J connectivity index is 1.64. The monoisotopic (exact) mass is 442 g/mol. The standard InChI is InChI=1S/C23H23ClN2O3S/c1-17-9-10-19(23(27)25-15-5-8-18-6-3-2-4-7-18)16-22(17)26-30(28,29)21-13-11-20(24)12-14-21/h2-4,6-7,9-14,16,26H,5,8,15H2,1H3,(H,25,27). The number of anilines is 1. The van der Waals surface area contributed by atoms with Crippen LogP contribution in [-0.2, 0) is 16.4 Å². The summed E-state index contributed by atoms with van der Waals surface area (Å²) in [7, 11) is -3.79. The van der Waals surface area contributed by atoms with Crippen molar-refractivity contribution < 1.29 is 13.2 Å². The van der Waals surface area contributed by atoms with E-state index in [-0.39, 0.29) is 10.8 Å². The normalized spacial score (nSPS) is 11.1. The predicted molar refractivity (Wildman–Crippen MR) is 121 cm³/mol. The van der Waals surface area contributed by atoms with Crippen molar-refractivity contribution in [2.45, 2.75) is 24.7 Å². The van der Waals surface area contributed by atoms with E-state index in [0.29, 0.717) is 28.4 Å². The maximum absolute atomic E-state index is 12.6. The lowest BCUT2D eigenvalue weighted by Gasteiger charge is -2.13. The van der Waals surface area contributed by atoms with Gasteiger partial charge in [-0.1, -0.05) is 48.0 Å². The Morgan fingerprint density at radius 1 is 0.967 bits per heavy atom. The Bertz CT molecular complexity index is 1110. The van der Waals surface area contributed by atoms with E-state index in [1.165, 1.54) is 29.8 Å². The molecule has 3 aromatic carbocycles. The Labute approximate surface area is 182 Å². The number of carbonyl (C=O) groups excluding carboxylic acids is 1. The van der Waals surface area contributed by atoms with Crippen LogP contribution in [0.15, 0.2) is 77.7 Å². The fourth-order valence-electron chi connectivity index (χ4n) is 2.93. The second-order valence-corrected chi connectivity index (χ2v) is 9.05. The minimum atomic E-state index is -3.79. The number of halogens is 1. The van der Waals surface area contributed by atoms with Crippen molar-refractivity contribution in [1.29, 1.82) is 0 Å². The van der Waals surface area contributed by atoms with Crippen molar-refractivity contribution >= 4 is 33.2 Å². The highest BCUT2D eigenvalue weighted by atomic mass is 35.5.